The zero-order valence-electron chi connectivity index (χ0n) is 14.8. The third-order valence-electron chi connectivity index (χ3n) is 5.28. The lowest BCUT2D eigenvalue weighted by Crippen LogP contribution is -2.49. The van der Waals surface area contributed by atoms with E-state index in [1.54, 1.807) is 24.3 Å². The zero-order valence-corrected chi connectivity index (χ0v) is 14.8. The molecule has 0 bridgehead atoms. The Kier molecular flexibility index (Phi) is 4.39. The molecule has 0 radical (unpaired) electrons. The molecule has 1 fully saturated rings. The van der Waals surface area contributed by atoms with Crippen molar-refractivity contribution in [1.82, 2.24) is 9.47 Å². The molecule has 0 saturated carbocycles. The number of para-hydroxylation sites is 2. The van der Waals surface area contributed by atoms with Crippen molar-refractivity contribution in [2.45, 2.75) is 31.8 Å². The highest BCUT2D eigenvalue weighted by Crippen LogP contribution is 2.22. The molecule has 2 heterocycles. The Labute approximate surface area is 155 Å². The second-order valence-corrected chi connectivity index (χ2v) is 6.89. The van der Waals surface area contributed by atoms with Crippen molar-refractivity contribution in [3.8, 4) is 0 Å². The van der Waals surface area contributed by atoms with Gasteiger partial charge in [-0.15, -0.1) is 0 Å². The summed E-state index contributed by atoms with van der Waals surface area (Å²) in [6, 6.07) is 13.6. The zero-order chi connectivity index (χ0) is 19.0. The van der Waals surface area contributed by atoms with E-state index in [0.29, 0.717) is 34.8 Å². The lowest BCUT2D eigenvalue weighted by atomic mass is 10.0. The van der Waals surface area contributed by atoms with E-state index in [0.717, 1.165) is 12.8 Å². The van der Waals surface area contributed by atoms with Gasteiger partial charge in [0, 0.05) is 17.3 Å². The van der Waals surface area contributed by atoms with E-state index in [1.807, 2.05) is 28.8 Å². The number of carboxylic acid groups (broad SMARTS) is 1. The molecule has 1 aliphatic rings. The maximum absolute atomic E-state index is 13.0. The van der Waals surface area contributed by atoms with E-state index in [4.69, 9.17) is 0 Å². The largest absolute Gasteiger partial charge is 0.480 e. The van der Waals surface area contributed by atoms with Crippen LogP contribution in [0.1, 0.15) is 19.3 Å². The van der Waals surface area contributed by atoms with Gasteiger partial charge in [-0.05, 0) is 43.5 Å². The summed E-state index contributed by atoms with van der Waals surface area (Å²) in [5, 5.41) is 10.6. The van der Waals surface area contributed by atoms with Crippen LogP contribution in [0, 0.1) is 0 Å². The van der Waals surface area contributed by atoms with E-state index < -0.39 is 12.0 Å². The van der Waals surface area contributed by atoms with Crippen LogP contribution in [-0.2, 0) is 16.1 Å². The standard InChI is InChI=1S/C21H20N2O4/c24-19(22-12-6-5-11-18(22)21(26)27)13-23-16-9-3-1-7-14(16)20(25)15-8-2-4-10-17(15)23/h1-4,7-10,18H,5-6,11-13H2,(H,26,27). The molecule has 4 rings (SSSR count). The summed E-state index contributed by atoms with van der Waals surface area (Å²) >= 11 is 0. The van der Waals surface area contributed by atoms with Crippen molar-refractivity contribution < 1.29 is 14.7 Å². The van der Waals surface area contributed by atoms with Gasteiger partial charge < -0.3 is 14.6 Å². The molecule has 6 nitrogen and oxygen atoms in total. The average Bonchev–Trinajstić information content (AvgIpc) is 2.71. The number of hydrogen-bond acceptors (Lipinski definition) is 3. The summed E-state index contributed by atoms with van der Waals surface area (Å²) in [4.78, 5) is 38.8. The van der Waals surface area contributed by atoms with Crippen LogP contribution in [0.3, 0.4) is 0 Å². The molecule has 3 aromatic rings. The third kappa shape index (κ3) is 2.97. The number of hydrogen-bond donors (Lipinski definition) is 1. The quantitative estimate of drug-likeness (QED) is 0.725. The van der Waals surface area contributed by atoms with Crippen molar-refractivity contribution in [2.75, 3.05) is 6.54 Å². The van der Waals surface area contributed by atoms with Crippen LogP contribution in [0.25, 0.3) is 21.8 Å². The number of rotatable bonds is 3. The summed E-state index contributed by atoms with van der Waals surface area (Å²) < 4.78 is 1.82. The van der Waals surface area contributed by atoms with Gasteiger partial charge in [0.1, 0.15) is 12.6 Å². The molecule has 1 N–H and O–H groups in total. The summed E-state index contributed by atoms with van der Waals surface area (Å²) in [6.07, 6.45) is 2.10. The van der Waals surface area contributed by atoms with Gasteiger partial charge in [-0.3, -0.25) is 9.59 Å². The van der Waals surface area contributed by atoms with Crippen molar-refractivity contribution in [3.05, 3.63) is 58.8 Å². The highest BCUT2D eigenvalue weighted by Gasteiger charge is 2.32. The number of likely N-dealkylation sites (tertiary alicyclic amines) is 1. The predicted octanol–water partition coefficient (Wildman–Crippen LogP) is 2.62. The molecule has 0 spiro atoms. The number of aliphatic carboxylic acids is 1. The van der Waals surface area contributed by atoms with Crippen molar-refractivity contribution >= 4 is 33.7 Å². The van der Waals surface area contributed by atoms with Crippen LogP contribution < -0.4 is 5.43 Å². The smallest absolute Gasteiger partial charge is 0.326 e. The maximum Gasteiger partial charge on any atom is 0.326 e. The molecule has 1 aromatic heterocycles. The number of pyridine rings is 1. The van der Waals surface area contributed by atoms with Gasteiger partial charge in [-0.25, -0.2) is 4.79 Å². The van der Waals surface area contributed by atoms with Gasteiger partial charge in [-0.1, -0.05) is 24.3 Å². The minimum Gasteiger partial charge on any atom is -0.480 e. The highest BCUT2D eigenvalue weighted by molar-refractivity contribution is 5.95. The molecule has 27 heavy (non-hydrogen) atoms. The maximum atomic E-state index is 13.0. The van der Waals surface area contributed by atoms with Crippen LogP contribution in [0.5, 0.6) is 0 Å². The fourth-order valence-electron chi connectivity index (χ4n) is 3.96. The number of piperidine rings is 1. The van der Waals surface area contributed by atoms with Gasteiger partial charge >= 0.3 is 5.97 Å². The first-order chi connectivity index (χ1) is 13.1. The minimum absolute atomic E-state index is 0.00505. The third-order valence-corrected chi connectivity index (χ3v) is 5.28. The molecular formula is C21H20N2O4. The molecule has 1 amide bonds. The van der Waals surface area contributed by atoms with Crippen LogP contribution in [0.2, 0.25) is 0 Å². The number of benzene rings is 2. The Morgan fingerprint density at radius 3 is 2.15 bits per heavy atom. The van der Waals surface area contributed by atoms with Gasteiger partial charge in [-0.2, -0.15) is 0 Å². The lowest BCUT2D eigenvalue weighted by Gasteiger charge is -2.33. The number of nitrogens with zero attached hydrogens (tertiary/aromatic N) is 2. The predicted molar refractivity (Wildman–Crippen MR) is 103 cm³/mol. The molecule has 2 aromatic carbocycles. The van der Waals surface area contributed by atoms with E-state index in [-0.39, 0.29) is 17.9 Å². The van der Waals surface area contributed by atoms with E-state index >= 15 is 0 Å². The Morgan fingerprint density at radius 2 is 1.56 bits per heavy atom. The number of amides is 1. The van der Waals surface area contributed by atoms with E-state index in [9.17, 15) is 19.5 Å². The van der Waals surface area contributed by atoms with Crippen LogP contribution in [-0.4, -0.2) is 39.0 Å². The van der Waals surface area contributed by atoms with Crippen LogP contribution in [0.4, 0.5) is 0 Å². The van der Waals surface area contributed by atoms with E-state index in [1.165, 1.54) is 4.90 Å². The Hall–Kier alpha value is -3.15. The molecule has 1 unspecified atom stereocenters. The minimum atomic E-state index is -0.960. The second kappa shape index (κ2) is 6.87. The highest BCUT2D eigenvalue weighted by atomic mass is 16.4. The molecule has 0 aliphatic carbocycles. The monoisotopic (exact) mass is 364 g/mol. The van der Waals surface area contributed by atoms with E-state index in [2.05, 4.69) is 0 Å². The number of fused-ring (bicyclic) bond motifs is 2. The second-order valence-electron chi connectivity index (χ2n) is 6.89. The fraction of sp³-hybridized carbons (Fsp3) is 0.286. The normalized spacial score (nSPS) is 17.3. The number of carbonyl (C=O) groups is 2. The number of aromatic nitrogens is 1. The fourth-order valence-corrected chi connectivity index (χ4v) is 3.96. The number of carbonyl (C=O) groups excluding carboxylic acids is 1. The summed E-state index contributed by atoms with van der Waals surface area (Å²) in [7, 11) is 0. The van der Waals surface area contributed by atoms with Crippen molar-refractivity contribution in [3.63, 3.8) is 0 Å². The Morgan fingerprint density at radius 1 is 0.963 bits per heavy atom. The van der Waals surface area contributed by atoms with Crippen molar-refractivity contribution in [2.24, 2.45) is 0 Å². The summed E-state index contributed by atoms with van der Waals surface area (Å²) in [6.45, 7) is 0.455. The molecule has 1 saturated heterocycles. The van der Waals surface area contributed by atoms with Gasteiger partial charge in [0.15, 0.2) is 5.43 Å². The van der Waals surface area contributed by atoms with Crippen LogP contribution >= 0.6 is 0 Å². The first kappa shape index (κ1) is 17.3. The topological polar surface area (TPSA) is 79.6 Å². The van der Waals surface area contributed by atoms with Gasteiger partial charge in [0.2, 0.25) is 5.91 Å². The SMILES string of the molecule is O=C(O)C1CCCCN1C(=O)Cn1c2ccccc2c(=O)c2ccccc21. The van der Waals surface area contributed by atoms with Gasteiger partial charge in [0.25, 0.3) is 0 Å². The summed E-state index contributed by atoms with van der Waals surface area (Å²) in [5.41, 5.74) is 1.29. The molecule has 1 atom stereocenters. The van der Waals surface area contributed by atoms with Crippen LogP contribution in [0.15, 0.2) is 53.3 Å². The Bertz CT molecular complexity index is 1040. The molecule has 1 aliphatic heterocycles. The molecule has 138 valence electrons. The number of carboxylic acids is 1. The first-order valence-corrected chi connectivity index (χ1v) is 9.10. The molecule has 6 heteroatoms. The first-order valence-electron chi connectivity index (χ1n) is 9.10. The van der Waals surface area contributed by atoms with Gasteiger partial charge in [0.05, 0.1) is 11.0 Å². The average molecular weight is 364 g/mol. The Balaban J connectivity index is 1.83. The molecular weight excluding hydrogens is 344 g/mol. The summed E-state index contributed by atoms with van der Waals surface area (Å²) in [5.74, 6) is -1.20. The lowest BCUT2D eigenvalue weighted by molar-refractivity contribution is -0.152. The van der Waals surface area contributed by atoms with Crippen molar-refractivity contribution in [1.29, 1.82) is 0 Å².